The Kier molecular flexibility index (Phi) is 5.40. The molecule has 0 unspecified atom stereocenters. The Labute approximate surface area is 182 Å². The molecule has 6 nitrogen and oxygen atoms in total. The summed E-state index contributed by atoms with van der Waals surface area (Å²) in [5.41, 5.74) is 4.12. The molecule has 0 bridgehead atoms. The SMILES string of the molecule is Cc1nc2c(=O)n(CC(=O)Nc3cccc(C)c3C)nc(-c3ccc(Cl)cc3)c2s1. The van der Waals surface area contributed by atoms with Crippen molar-refractivity contribution in [3.63, 3.8) is 0 Å². The molecule has 0 aliphatic carbocycles. The van der Waals surface area contributed by atoms with Crippen molar-refractivity contribution in [1.29, 1.82) is 0 Å². The lowest BCUT2D eigenvalue weighted by Gasteiger charge is -2.12. The number of nitrogens with one attached hydrogen (secondary N) is 1. The fraction of sp³-hybridized carbons (Fsp3) is 0.182. The van der Waals surface area contributed by atoms with E-state index in [2.05, 4.69) is 15.4 Å². The van der Waals surface area contributed by atoms with Gasteiger partial charge in [0.1, 0.15) is 12.2 Å². The predicted octanol–water partition coefficient (Wildman–Crippen LogP) is 4.74. The van der Waals surface area contributed by atoms with Crippen LogP contribution in [0, 0.1) is 20.8 Å². The summed E-state index contributed by atoms with van der Waals surface area (Å²) in [4.78, 5) is 30.0. The Balaban J connectivity index is 1.74. The second-order valence-corrected chi connectivity index (χ2v) is 8.66. The van der Waals surface area contributed by atoms with Gasteiger partial charge in [-0.25, -0.2) is 9.67 Å². The van der Waals surface area contributed by atoms with Gasteiger partial charge in [0.25, 0.3) is 5.56 Å². The monoisotopic (exact) mass is 438 g/mol. The molecule has 0 saturated heterocycles. The molecule has 0 spiro atoms. The molecule has 1 N–H and O–H groups in total. The molecular formula is C22H19ClN4O2S. The Bertz CT molecular complexity index is 1330. The van der Waals surface area contributed by atoms with Crippen LogP contribution in [-0.2, 0) is 11.3 Å². The predicted molar refractivity (Wildman–Crippen MR) is 121 cm³/mol. The number of aryl methyl sites for hydroxylation is 2. The highest BCUT2D eigenvalue weighted by atomic mass is 35.5. The smallest absolute Gasteiger partial charge is 0.294 e. The summed E-state index contributed by atoms with van der Waals surface area (Å²) < 4.78 is 1.87. The van der Waals surface area contributed by atoms with Crippen molar-refractivity contribution in [2.75, 3.05) is 5.32 Å². The number of benzene rings is 2. The van der Waals surface area contributed by atoms with Crippen LogP contribution in [0.4, 0.5) is 5.69 Å². The van der Waals surface area contributed by atoms with Gasteiger partial charge >= 0.3 is 0 Å². The van der Waals surface area contributed by atoms with Crippen molar-refractivity contribution in [2.24, 2.45) is 0 Å². The Morgan fingerprint density at radius 2 is 1.87 bits per heavy atom. The van der Waals surface area contributed by atoms with Crippen LogP contribution in [0.5, 0.6) is 0 Å². The molecule has 2 aromatic heterocycles. The number of anilines is 1. The maximum Gasteiger partial charge on any atom is 0.294 e. The number of halogens is 1. The van der Waals surface area contributed by atoms with Crippen molar-refractivity contribution in [3.8, 4) is 11.3 Å². The van der Waals surface area contributed by atoms with Gasteiger partial charge in [-0.05, 0) is 50.1 Å². The third kappa shape index (κ3) is 3.86. The number of fused-ring (bicyclic) bond motifs is 1. The third-order valence-corrected chi connectivity index (χ3v) is 6.13. The number of thiazole rings is 1. The van der Waals surface area contributed by atoms with Gasteiger partial charge in [0, 0.05) is 16.3 Å². The Hall–Kier alpha value is -3.03. The van der Waals surface area contributed by atoms with E-state index in [1.54, 1.807) is 12.1 Å². The van der Waals surface area contributed by atoms with Crippen LogP contribution in [0.2, 0.25) is 5.02 Å². The highest BCUT2D eigenvalue weighted by Gasteiger charge is 2.18. The van der Waals surface area contributed by atoms with Crippen LogP contribution >= 0.6 is 22.9 Å². The molecule has 152 valence electrons. The van der Waals surface area contributed by atoms with Crippen molar-refractivity contribution in [3.05, 3.63) is 74.0 Å². The third-order valence-electron chi connectivity index (χ3n) is 4.90. The summed E-state index contributed by atoms with van der Waals surface area (Å²) in [6, 6.07) is 12.9. The van der Waals surface area contributed by atoms with Gasteiger partial charge in [0.2, 0.25) is 5.91 Å². The van der Waals surface area contributed by atoms with Gasteiger partial charge in [-0.2, -0.15) is 5.10 Å². The molecule has 4 rings (SSSR count). The number of rotatable bonds is 4. The van der Waals surface area contributed by atoms with Crippen molar-refractivity contribution < 1.29 is 4.79 Å². The van der Waals surface area contributed by atoms with Crippen LogP contribution in [0.3, 0.4) is 0 Å². The zero-order chi connectivity index (χ0) is 21.4. The van der Waals surface area contributed by atoms with E-state index in [-0.39, 0.29) is 18.0 Å². The Morgan fingerprint density at radius 1 is 1.13 bits per heavy atom. The van der Waals surface area contributed by atoms with Gasteiger partial charge in [0.05, 0.1) is 9.71 Å². The maximum atomic E-state index is 12.9. The van der Waals surface area contributed by atoms with Crippen molar-refractivity contribution in [1.82, 2.24) is 14.8 Å². The summed E-state index contributed by atoms with van der Waals surface area (Å²) in [5.74, 6) is -0.327. The summed E-state index contributed by atoms with van der Waals surface area (Å²) in [6.07, 6.45) is 0. The largest absolute Gasteiger partial charge is 0.324 e. The fourth-order valence-electron chi connectivity index (χ4n) is 3.18. The lowest BCUT2D eigenvalue weighted by atomic mass is 10.1. The zero-order valence-corrected chi connectivity index (χ0v) is 18.3. The first-order valence-corrected chi connectivity index (χ1v) is 10.5. The molecule has 30 heavy (non-hydrogen) atoms. The normalized spacial score (nSPS) is 11.1. The second kappa shape index (κ2) is 8.01. The number of hydrogen-bond acceptors (Lipinski definition) is 5. The standard InChI is InChI=1S/C22H19ClN4O2S/c1-12-5-4-6-17(13(12)2)25-18(28)11-27-22(29)20-21(30-14(3)24-20)19(26-27)15-7-9-16(23)10-8-15/h4-10H,11H2,1-3H3,(H,25,28). The summed E-state index contributed by atoms with van der Waals surface area (Å²) >= 11 is 7.41. The van der Waals surface area contributed by atoms with Gasteiger partial charge < -0.3 is 5.32 Å². The topological polar surface area (TPSA) is 76.9 Å². The van der Waals surface area contributed by atoms with E-state index in [0.717, 1.165) is 27.4 Å². The van der Waals surface area contributed by atoms with Gasteiger partial charge in [0.15, 0.2) is 5.52 Å². The molecule has 0 fully saturated rings. The van der Waals surface area contributed by atoms with E-state index in [4.69, 9.17) is 11.6 Å². The lowest BCUT2D eigenvalue weighted by molar-refractivity contribution is -0.117. The van der Waals surface area contributed by atoms with E-state index in [1.165, 1.54) is 16.0 Å². The van der Waals surface area contributed by atoms with E-state index in [1.807, 2.05) is 51.1 Å². The van der Waals surface area contributed by atoms with Crippen LogP contribution in [0.1, 0.15) is 16.1 Å². The number of amides is 1. The molecule has 0 aliphatic rings. The summed E-state index contributed by atoms with van der Waals surface area (Å²) in [7, 11) is 0. The van der Waals surface area contributed by atoms with E-state index < -0.39 is 0 Å². The quantitative estimate of drug-likeness (QED) is 0.499. The highest BCUT2D eigenvalue weighted by Crippen LogP contribution is 2.30. The molecule has 0 aliphatic heterocycles. The molecule has 8 heteroatoms. The zero-order valence-electron chi connectivity index (χ0n) is 16.7. The van der Waals surface area contributed by atoms with Gasteiger partial charge in [-0.1, -0.05) is 35.9 Å². The lowest BCUT2D eigenvalue weighted by Crippen LogP contribution is -2.30. The van der Waals surface area contributed by atoms with Crippen LogP contribution in [0.25, 0.3) is 21.5 Å². The minimum Gasteiger partial charge on any atom is -0.324 e. The first-order valence-electron chi connectivity index (χ1n) is 9.34. The summed E-state index contributed by atoms with van der Waals surface area (Å²) in [6.45, 7) is 5.55. The molecule has 1 amide bonds. The van der Waals surface area contributed by atoms with Crippen LogP contribution < -0.4 is 10.9 Å². The van der Waals surface area contributed by atoms with E-state index >= 15 is 0 Å². The fourth-order valence-corrected chi connectivity index (χ4v) is 4.23. The van der Waals surface area contributed by atoms with Gasteiger partial charge in [-0.15, -0.1) is 11.3 Å². The average molecular weight is 439 g/mol. The number of carbonyl (C=O) groups excluding carboxylic acids is 1. The van der Waals surface area contributed by atoms with Gasteiger partial charge in [-0.3, -0.25) is 9.59 Å². The molecule has 0 radical (unpaired) electrons. The maximum absolute atomic E-state index is 12.9. The number of aromatic nitrogens is 3. The van der Waals surface area contributed by atoms with Crippen LogP contribution in [-0.4, -0.2) is 20.7 Å². The minimum atomic E-state index is -0.386. The Morgan fingerprint density at radius 3 is 2.60 bits per heavy atom. The minimum absolute atomic E-state index is 0.209. The molecule has 4 aromatic rings. The molecular weight excluding hydrogens is 420 g/mol. The first-order chi connectivity index (χ1) is 14.3. The highest BCUT2D eigenvalue weighted by molar-refractivity contribution is 7.19. The van der Waals surface area contributed by atoms with E-state index in [9.17, 15) is 9.59 Å². The van der Waals surface area contributed by atoms with Crippen molar-refractivity contribution >= 4 is 44.7 Å². The molecule has 2 heterocycles. The molecule has 2 aromatic carbocycles. The van der Waals surface area contributed by atoms with E-state index in [0.29, 0.717) is 20.9 Å². The number of carbonyl (C=O) groups is 1. The van der Waals surface area contributed by atoms with Crippen molar-refractivity contribution in [2.45, 2.75) is 27.3 Å². The number of hydrogen-bond donors (Lipinski definition) is 1. The number of nitrogens with zero attached hydrogens (tertiary/aromatic N) is 3. The second-order valence-electron chi connectivity index (χ2n) is 7.02. The molecule has 0 saturated carbocycles. The molecule has 0 atom stereocenters. The average Bonchev–Trinajstić information content (AvgIpc) is 3.10. The van der Waals surface area contributed by atoms with Crippen LogP contribution in [0.15, 0.2) is 47.3 Å². The first kappa shape index (κ1) is 20.3. The summed E-state index contributed by atoms with van der Waals surface area (Å²) in [5, 5.41) is 8.75.